The first-order chi connectivity index (χ1) is 15.7. The van der Waals surface area contributed by atoms with Gasteiger partial charge in [0.05, 0.1) is 11.6 Å². The number of amides is 1. The number of hydrogen-bond acceptors (Lipinski definition) is 8. The Hall–Kier alpha value is -3.15. The van der Waals surface area contributed by atoms with Crippen molar-refractivity contribution in [3.63, 3.8) is 0 Å². The number of likely N-dealkylation sites (tertiary alicyclic amines) is 1. The largest absolute Gasteiger partial charge is 0.445 e. The Morgan fingerprint density at radius 1 is 1.24 bits per heavy atom. The van der Waals surface area contributed by atoms with Crippen LogP contribution in [-0.2, 0) is 6.18 Å². The molecule has 0 spiro atoms. The lowest BCUT2D eigenvalue weighted by molar-refractivity contribution is -0.138. The fourth-order valence-corrected chi connectivity index (χ4v) is 4.51. The molecule has 4 rings (SSSR count). The van der Waals surface area contributed by atoms with Gasteiger partial charge in [-0.1, -0.05) is 18.3 Å². The van der Waals surface area contributed by atoms with Crippen LogP contribution in [0.1, 0.15) is 41.0 Å². The van der Waals surface area contributed by atoms with Gasteiger partial charge in [-0.15, -0.1) is 10.2 Å². The summed E-state index contributed by atoms with van der Waals surface area (Å²) in [5, 5.41) is 8.79. The molecule has 1 aliphatic heterocycles. The summed E-state index contributed by atoms with van der Waals surface area (Å²) in [7, 11) is 0. The number of rotatable bonds is 5. The molecule has 3 aromatic rings. The Morgan fingerprint density at radius 3 is 2.70 bits per heavy atom. The zero-order valence-corrected chi connectivity index (χ0v) is 18.8. The number of aryl methyl sites for hydroxylation is 1. The molecule has 12 heteroatoms. The van der Waals surface area contributed by atoms with E-state index in [2.05, 4.69) is 30.5 Å². The minimum Gasteiger partial charge on any atom is -0.358 e. The number of nitrogens with zero attached hydrogens (tertiary/aromatic N) is 6. The minimum absolute atomic E-state index is 0.0690. The molecule has 2 atom stereocenters. The average molecular weight is 478 g/mol. The van der Waals surface area contributed by atoms with E-state index < -0.39 is 11.2 Å². The van der Waals surface area contributed by atoms with E-state index in [1.165, 1.54) is 0 Å². The van der Waals surface area contributed by atoms with Crippen LogP contribution in [0.5, 0.6) is 0 Å². The number of aromatic nitrogens is 5. The molecule has 0 aliphatic carbocycles. The van der Waals surface area contributed by atoms with E-state index in [-0.39, 0.29) is 35.2 Å². The third-order valence-electron chi connectivity index (χ3n) is 5.55. The number of alkyl halides is 3. The van der Waals surface area contributed by atoms with Crippen LogP contribution < -0.4 is 5.32 Å². The summed E-state index contributed by atoms with van der Waals surface area (Å²) in [6.45, 7) is 4.60. The first-order valence-corrected chi connectivity index (χ1v) is 11.3. The highest BCUT2D eigenvalue weighted by molar-refractivity contribution is 7.15. The molecular formula is C21H22F3N7OS. The molecule has 0 saturated carbocycles. The predicted octanol–water partition coefficient (Wildman–Crippen LogP) is 4.07. The second-order valence-electron chi connectivity index (χ2n) is 7.90. The molecule has 174 valence electrons. The van der Waals surface area contributed by atoms with Crippen molar-refractivity contribution in [2.24, 2.45) is 5.92 Å². The molecule has 33 heavy (non-hydrogen) atoms. The monoisotopic (exact) mass is 477 g/mol. The topological polar surface area (TPSA) is 96.8 Å². The van der Waals surface area contributed by atoms with E-state index in [0.29, 0.717) is 35.0 Å². The maximum Gasteiger partial charge on any atom is 0.445 e. The van der Waals surface area contributed by atoms with Gasteiger partial charge in [-0.3, -0.25) is 4.79 Å². The molecule has 3 aromatic heterocycles. The van der Waals surface area contributed by atoms with Crippen LogP contribution in [0, 0.1) is 12.8 Å². The van der Waals surface area contributed by atoms with Crippen molar-refractivity contribution >= 4 is 22.4 Å². The molecule has 4 heterocycles. The molecule has 1 aliphatic rings. The van der Waals surface area contributed by atoms with E-state index in [4.69, 9.17) is 0 Å². The summed E-state index contributed by atoms with van der Waals surface area (Å²) in [6.07, 6.45) is 0.386. The average Bonchev–Trinajstić information content (AvgIpc) is 3.28. The van der Waals surface area contributed by atoms with Crippen LogP contribution in [0.3, 0.4) is 0 Å². The molecule has 0 bridgehead atoms. The van der Waals surface area contributed by atoms with Crippen molar-refractivity contribution in [1.82, 2.24) is 30.0 Å². The van der Waals surface area contributed by atoms with Crippen LogP contribution in [0.2, 0.25) is 0 Å². The maximum atomic E-state index is 13.7. The van der Waals surface area contributed by atoms with E-state index in [9.17, 15) is 18.0 Å². The van der Waals surface area contributed by atoms with Gasteiger partial charge >= 0.3 is 6.18 Å². The number of nitrogens with one attached hydrogen (secondary N) is 1. The van der Waals surface area contributed by atoms with Gasteiger partial charge in [-0.25, -0.2) is 15.0 Å². The maximum absolute atomic E-state index is 13.7. The number of piperidine rings is 1. The predicted molar refractivity (Wildman–Crippen MR) is 117 cm³/mol. The van der Waals surface area contributed by atoms with E-state index in [1.807, 2.05) is 6.92 Å². The third kappa shape index (κ3) is 5.10. The second-order valence-corrected chi connectivity index (χ2v) is 8.88. The Labute approximate surface area is 192 Å². The Balaban J connectivity index is 1.58. The lowest BCUT2D eigenvalue weighted by atomic mass is 9.90. The molecule has 1 N–H and O–H groups in total. The highest BCUT2D eigenvalue weighted by Gasteiger charge is 2.37. The minimum atomic E-state index is -4.54. The summed E-state index contributed by atoms with van der Waals surface area (Å²) in [5.74, 6) is 0.279. The smallest absolute Gasteiger partial charge is 0.358 e. The molecule has 1 fully saturated rings. The van der Waals surface area contributed by atoms with Crippen molar-refractivity contribution in [3.8, 4) is 11.4 Å². The molecular weight excluding hydrogens is 455 g/mol. The summed E-state index contributed by atoms with van der Waals surface area (Å²) >= 11 is 0.447. The first kappa shape index (κ1) is 23.0. The SMILES string of the molecule is Cc1ccc(-c2ncccn2)c(C(=O)N2CCC[C@@H](C)C2CNc2nnc(C(F)(F)F)s2)n1. The van der Waals surface area contributed by atoms with Gasteiger partial charge in [0.25, 0.3) is 5.91 Å². The molecule has 1 amide bonds. The van der Waals surface area contributed by atoms with Crippen LogP contribution in [-0.4, -0.2) is 55.1 Å². The zero-order valence-electron chi connectivity index (χ0n) is 18.0. The second kappa shape index (κ2) is 9.38. The van der Waals surface area contributed by atoms with Crippen LogP contribution in [0.15, 0.2) is 30.6 Å². The fraction of sp³-hybridized carbons (Fsp3) is 0.429. The van der Waals surface area contributed by atoms with Crippen molar-refractivity contribution in [3.05, 3.63) is 47.0 Å². The van der Waals surface area contributed by atoms with Gasteiger partial charge in [0.15, 0.2) is 5.82 Å². The summed E-state index contributed by atoms with van der Waals surface area (Å²) < 4.78 is 38.5. The van der Waals surface area contributed by atoms with Gasteiger partial charge in [0, 0.05) is 31.2 Å². The molecule has 1 saturated heterocycles. The Bertz CT molecular complexity index is 1120. The van der Waals surface area contributed by atoms with Crippen LogP contribution in [0.4, 0.5) is 18.3 Å². The van der Waals surface area contributed by atoms with Gasteiger partial charge in [-0.05, 0) is 43.9 Å². The van der Waals surface area contributed by atoms with Crippen molar-refractivity contribution in [2.45, 2.75) is 38.9 Å². The van der Waals surface area contributed by atoms with Crippen molar-refractivity contribution in [1.29, 1.82) is 0 Å². The van der Waals surface area contributed by atoms with Crippen molar-refractivity contribution in [2.75, 3.05) is 18.4 Å². The number of carbonyl (C=O) groups excluding carboxylic acids is 1. The Morgan fingerprint density at radius 2 is 2.00 bits per heavy atom. The van der Waals surface area contributed by atoms with E-state index in [0.717, 1.165) is 12.8 Å². The Kier molecular flexibility index (Phi) is 6.54. The number of pyridine rings is 1. The first-order valence-electron chi connectivity index (χ1n) is 10.4. The summed E-state index contributed by atoms with van der Waals surface area (Å²) in [5.41, 5.74) is 1.48. The van der Waals surface area contributed by atoms with Gasteiger partial charge in [0.2, 0.25) is 10.1 Å². The van der Waals surface area contributed by atoms with Crippen LogP contribution in [0.25, 0.3) is 11.4 Å². The number of halogens is 3. The molecule has 0 radical (unpaired) electrons. The summed E-state index contributed by atoms with van der Waals surface area (Å²) in [6, 6.07) is 5.02. The fourth-order valence-electron chi connectivity index (χ4n) is 3.89. The van der Waals surface area contributed by atoms with Gasteiger partial charge in [0.1, 0.15) is 5.69 Å². The molecule has 1 unspecified atom stereocenters. The standard InChI is InChI=1S/C21H22F3N7OS/c1-12-5-3-10-31(15(12)11-27-20-30-29-19(33-20)21(22,23)24)18(32)16-14(7-6-13(2)28-16)17-25-8-4-9-26-17/h4,6-9,12,15H,3,5,10-11H2,1-2H3,(H,27,30)/t12-,15?/m1/s1. The highest BCUT2D eigenvalue weighted by atomic mass is 32.1. The number of hydrogen-bond donors (Lipinski definition) is 1. The lowest BCUT2D eigenvalue weighted by Crippen LogP contribution is -2.51. The number of carbonyl (C=O) groups is 1. The van der Waals surface area contributed by atoms with E-state index >= 15 is 0 Å². The quantitative estimate of drug-likeness (QED) is 0.592. The molecule has 0 aromatic carbocycles. The molecule has 8 nitrogen and oxygen atoms in total. The van der Waals surface area contributed by atoms with Gasteiger partial charge < -0.3 is 10.2 Å². The van der Waals surface area contributed by atoms with Gasteiger partial charge in [-0.2, -0.15) is 13.2 Å². The number of anilines is 1. The third-order valence-corrected chi connectivity index (χ3v) is 6.48. The van der Waals surface area contributed by atoms with Crippen LogP contribution >= 0.6 is 11.3 Å². The summed E-state index contributed by atoms with van der Waals surface area (Å²) in [4.78, 5) is 28.4. The zero-order chi connectivity index (χ0) is 23.6. The normalized spacial score (nSPS) is 18.9. The lowest BCUT2D eigenvalue weighted by Gasteiger charge is -2.40. The highest BCUT2D eigenvalue weighted by Crippen LogP contribution is 2.33. The van der Waals surface area contributed by atoms with Crippen molar-refractivity contribution < 1.29 is 18.0 Å². The van der Waals surface area contributed by atoms with E-state index in [1.54, 1.807) is 42.4 Å².